The van der Waals surface area contributed by atoms with Crippen molar-refractivity contribution < 1.29 is 19.2 Å². The first-order chi connectivity index (χ1) is 20.2. The number of aryl methyl sites for hydroxylation is 3. The lowest BCUT2D eigenvalue weighted by atomic mass is 10.00. The molecule has 0 spiro atoms. The predicted octanol–water partition coefficient (Wildman–Crippen LogP) is 4.95. The lowest BCUT2D eigenvalue weighted by molar-refractivity contribution is -0.137. The van der Waals surface area contributed by atoms with Crippen LogP contribution in [0.5, 0.6) is 5.75 Å². The summed E-state index contributed by atoms with van der Waals surface area (Å²) in [5.74, 6) is 0.933. The first kappa shape index (κ1) is 30.3. The molecule has 222 valence electrons. The number of carboxylic acids is 1. The minimum atomic E-state index is -1.03. The lowest BCUT2D eigenvalue weighted by Crippen LogP contribution is -2.33. The monoisotopic (exact) mass is 574 g/mol. The number of benzene rings is 1. The SMILES string of the molecule is CCCn1ccc(OC)c(-c2ccc(C[C@H](Nc3nc(N(CC)CC)ncc3-c3c(C)noc3C)C(=O)O)cc2)c1=O. The van der Waals surface area contributed by atoms with E-state index in [2.05, 4.69) is 15.5 Å². The second kappa shape index (κ2) is 13.3. The van der Waals surface area contributed by atoms with Gasteiger partial charge in [-0.3, -0.25) is 4.79 Å². The first-order valence-corrected chi connectivity index (χ1v) is 14.1. The normalized spacial score (nSPS) is 11.8. The third kappa shape index (κ3) is 6.29. The van der Waals surface area contributed by atoms with Crippen molar-refractivity contribution in [2.75, 3.05) is 30.4 Å². The second-order valence-electron chi connectivity index (χ2n) is 10.00. The standard InChI is InChI=1S/C31H38N6O5/c1-7-15-37-16-14-25(41-6)27(29(37)38)22-12-10-21(11-13-22)17-24(30(39)40)33-28-23(26-19(4)35-42-20(26)5)18-32-31(34-28)36(8-2)9-3/h10-14,16,18,24H,7-9,15,17H2,1-6H3,(H,39,40)(H,32,33,34)/t24-/m0/s1. The fourth-order valence-electron chi connectivity index (χ4n) is 5.01. The number of carboxylic acid groups (broad SMARTS) is 1. The molecule has 0 aliphatic rings. The Labute approximate surface area is 245 Å². The van der Waals surface area contributed by atoms with Gasteiger partial charge in [0.25, 0.3) is 5.56 Å². The van der Waals surface area contributed by atoms with Gasteiger partial charge < -0.3 is 29.2 Å². The quantitative estimate of drug-likeness (QED) is 0.226. The zero-order valence-electron chi connectivity index (χ0n) is 25.0. The van der Waals surface area contributed by atoms with E-state index >= 15 is 0 Å². The molecule has 0 amide bonds. The van der Waals surface area contributed by atoms with Crippen LogP contribution in [-0.4, -0.2) is 57.0 Å². The summed E-state index contributed by atoms with van der Waals surface area (Å²) >= 11 is 0. The molecule has 3 heterocycles. The molecule has 0 saturated carbocycles. The van der Waals surface area contributed by atoms with Crippen LogP contribution in [0, 0.1) is 13.8 Å². The van der Waals surface area contributed by atoms with Crippen LogP contribution >= 0.6 is 0 Å². The molecule has 0 radical (unpaired) electrons. The molecule has 0 bridgehead atoms. The number of nitrogens with one attached hydrogen (secondary N) is 1. The summed E-state index contributed by atoms with van der Waals surface area (Å²) in [5.41, 5.74) is 3.82. The summed E-state index contributed by atoms with van der Waals surface area (Å²) in [4.78, 5) is 36.9. The topological polar surface area (TPSA) is 136 Å². The summed E-state index contributed by atoms with van der Waals surface area (Å²) in [6.45, 7) is 11.7. The van der Waals surface area contributed by atoms with E-state index < -0.39 is 12.0 Å². The van der Waals surface area contributed by atoms with Crippen LogP contribution in [0.15, 0.2) is 52.0 Å². The van der Waals surface area contributed by atoms with Gasteiger partial charge in [0.1, 0.15) is 23.4 Å². The summed E-state index contributed by atoms with van der Waals surface area (Å²) in [5, 5.41) is 17.4. The van der Waals surface area contributed by atoms with Crippen molar-refractivity contribution in [2.24, 2.45) is 0 Å². The molecule has 0 unspecified atom stereocenters. The number of hydrogen-bond acceptors (Lipinski definition) is 9. The van der Waals surface area contributed by atoms with Crippen LogP contribution in [0.3, 0.4) is 0 Å². The van der Waals surface area contributed by atoms with Crippen molar-refractivity contribution in [3.8, 4) is 28.0 Å². The van der Waals surface area contributed by atoms with Crippen LogP contribution < -0.4 is 20.5 Å². The highest BCUT2D eigenvalue weighted by molar-refractivity contribution is 5.83. The van der Waals surface area contributed by atoms with E-state index in [0.717, 1.165) is 17.5 Å². The van der Waals surface area contributed by atoms with Crippen LogP contribution in [0.25, 0.3) is 22.3 Å². The van der Waals surface area contributed by atoms with E-state index in [1.54, 1.807) is 30.0 Å². The highest BCUT2D eigenvalue weighted by atomic mass is 16.5. The van der Waals surface area contributed by atoms with Crippen molar-refractivity contribution in [3.05, 3.63) is 70.1 Å². The number of hydrogen-bond donors (Lipinski definition) is 2. The largest absolute Gasteiger partial charge is 0.496 e. The fraction of sp³-hybridized carbons (Fsp3) is 0.387. The Morgan fingerprint density at radius 1 is 1.12 bits per heavy atom. The van der Waals surface area contributed by atoms with E-state index in [1.807, 2.05) is 56.9 Å². The number of aromatic nitrogens is 4. The molecule has 4 aromatic rings. The van der Waals surface area contributed by atoms with Crippen molar-refractivity contribution in [1.82, 2.24) is 19.7 Å². The third-order valence-electron chi connectivity index (χ3n) is 7.23. The molecular weight excluding hydrogens is 536 g/mol. The maximum absolute atomic E-state index is 13.2. The summed E-state index contributed by atoms with van der Waals surface area (Å²) in [7, 11) is 1.54. The molecule has 42 heavy (non-hydrogen) atoms. The van der Waals surface area contributed by atoms with Gasteiger partial charge >= 0.3 is 5.97 Å². The molecule has 11 heteroatoms. The van der Waals surface area contributed by atoms with Crippen LogP contribution in [-0.2, 0) is 17.8 Å². The first-order valence-electron chi connectivity index (χ1n) is 14.1. The third-order valence-corrected chi connectivity index (χ3v) is 7.23. The fourth-order valence-corrected chi connectivity index (χ4v) is 5.01. The van der Waals surface area contributed by atoms with Crippen molar-refractivity contribution in [1.29, 1.82) is 0 Å². The van der Waals surface area contributed by atoms with Gasteiger partial charge in [-0.15, -0.1) is 0 Å². The second-order valence-corrected chi connectivity index (χ2v) is 10.00. The van der Waals surface area contributed by atoms with Gasteiger partial charge in [-0.25, -0.2) is 9.78 Å². The van der Waals surface area contributed by atoms with Crippen molar-refractivity contribution in [3.63, 3.8) is 0 Å². The Hall–Kier alpha value is -4.67. The average Bonchev–Trinajstić information content (AvgIpc) is 3.32. The summed E-state index contributed by atoms with van der Waals surface area (Å²) in [6.07, 6.45) is 4.42. The predicted molar refractivity (Wildman–Crippen MR) is 162 cm³/mol. The van der Waals surface area contributed by atoms with Gasteiger partial charge in [0.2, 0.25) is 5.95 Å². The van der Waals surface area contributed by atoms with E-state index in [9.17, 15) is 14.7 Å². The van der Waals surface area contributed by atoms with Crippen LogP contribution in [0.4, 0.5) is 11.8 Å². The molecular formula is C31H38N6O5. The molecule has 0 saturated heterocycles. The minimum Gasteiger partial charge on any atom is -0.496 e. The maximum atomic E-state index is 13.2. The number of ether oxygens (including phenoxy) is 1. The molecule has 0 fully saturated rings. The van der Waals surface area contributed by atoms with Gasteiger partial charge in [-0.05, 0) is 51.3 Å². The Morgan fingerprint density at radius 3 is 2.40 bits per heavy atom. The number of aliphatic carboxylic acids is 1. The van der Waals surface area contributed by atoms with E-state index in [4.69, 9.17) is 14.2 Å². The number of nitrogens with zero attached hydrogens (tertiary/aromatic N) is 5. The zero-order valence-corrected chi connectivity index (χ0v) is 25.0. The highest BCUT2D eigenvalue weighted by Gasteiger charge is 2.24. The molecule has 2 N–H and O–H groups in total. The van der Waals surface area contributed by atoms with Gasteiger partial charge in [0.15, 0.2) is 0 Å². The molecule has 1 aromatic carbocycles. The number of pyridine rings is 1. The Balaban J connectivity index is 1.67. The Morgan fingerprint density at radius 2 is 1.83 bits per heavy atom. The molecule has 0 aliphatic heterocycles. The van der Waals surface area contributed by atoms with E-state index in [-0.39, 0.29) is 12.0 Å². The maximum Gasteiger partial charge on any atom is 0.326 e. The molecule has 11 nitrogen and oxygen atoms in total. The number of rotatable bonds is 13. The Kier molecular flexibility index (Phi) is 9.61. The van der Waals surface area contributed by atoms with Gasteiger partial charge in [-0.2, -0.15) is 4.98 Å². The minimum absolute atomic E-state index is 0.131. The van der Waals surface area contributed by atoms with Gasteiger partial charge in [-0.1, -0.05) is 36.3 Å². The molecule has 0 aliphatic carbocycles. The zero-order chi connectivity index (χ0) is 30.4. The van der Waals surface area contributed by atoms with Crippen LogP contribution in [0.2, 0.25) is 0 Å². The van der Waals surface area contributed by atoms with Gasteiger partial charge in [0, 0.05) is 44.0 Å². The number of anilines is 2. The van der Waals surface area contributed by atoms with Gasteiger partial charge in [0.05, 0.1) is 23.9 Å². The summed E-state index contributed by atoms with van der Waals surface area (Å²) in [6, 6.07) is 8.10. The lowest BCUT2D eigenvalue weighted by Gasteiger charge is -2.22. The smallest absolute Gasteiger partial charge is 0.326 e. The van der Waals surface area contributed by atoms with Crippen molar-refractivity contribution in [2.45, 2.75) is 60.0 Å². The Bertz CT molecular complexity index is 1570. The number of methoxy groups -OCH3 is 1. The average molecular weight is 575 g/mol. The number of carbonyl (C=O) groups is 1. The van der Waals surface area contributed by atoms with Crippen molar-refractivity contribution >= 4 is 17.7 Å². The van der Waals surface area contributed by atoms with Crippen LogP contribution in [0.1, 0.15) is 44.2 Å². The summed E-state index contributed by atoms with van der Waals surface area (Å²) < 4.78 is 12.5. The molecule has 1 atom stereocenters. The molecule has 4 rings (SSSR count). The molecule has 3 aromatic heterocycles. The van der Waals surface area contributed by atoms with E-state index in [0.29, 0.717) is 65.3 Å². The van der Waals surface area contributed by atoms with E-state index in [1.165, 1.54) is 7.11 Å². The highest BCUT2D eigenvalue weighted by Crippen LogP contribution is 2.33.